The first-order valence-electron chi connectivity index (χ1n) is 5.49. The summed E-state index contributed by atoms with van der Waals surface area (Å²) >= 11 is 3.31. The molecule has 1 atom stereocenters. The average molecular weight is 328 g/mol. The number of halogens is 3. The van der Waals surface area contributed by atoms with Gasteiger partial charge in [-0.1, -0.05) is 28.1 Å². The van der Waals surface area contributed by atoms with Crippen LogP contribution in [0.2, 0.25) is 0 Å². The second kappa shape index (κ2) is 5.64. The Morgan fingerprint density at radius 1 is 1.11 bits per heavy atom. The molecule has 0 aliphatic heterocycles. The fraction of sp³-hybridized carbons (Fsp3) is 0.0769. The van der Waals surface area contributed by atoms with E-state index in [1.54, 1.807) is 18.2 Å². The van der Waals surface area contributed by atoms with Crippen molar-refractivity contribution < 1.29 is 8.78 Å². The van der Waals surface area contributed by atoms with Gasteiger partial charge in [-0.15, -0.1) is 0 Å². The van der Waals surface area contributed by atoms with Crippen LogP contribution in [0.15, 0.2) is 40.9 Å². The van der Waals surface area contributed by atoms with E-state index in [4.69, 9.17) is 11.6 Å². The number of anilines is 1. The van der Waals surface area contributed by atoms with Crippen molar-refractivity contribution in [2.45, 2.75) is 6.04 Å². The van der Waals surface area contributed by atoms with Crippen LogP contribution in [0.25, 0.3) is 0 Å². The third kappa shape index (κ3) is 2.75. The quantitative estimate of drug-likeness (QED) is 0.461. The van der Waals surface area contributed by atoms with E-state index in [0.717, 1.165) is 10.5 Å². The molecule has 0 aromatic heterocycles. The van der Waals surface area contributed by atoms with Crippen LogP contribution in [0, 0.1) is 11.6 Å². The molecule has 0 aliphatic rings. The van der Waals surface area contributed by atoms with Crippen LogP contribution < -0.4 is 17.0 Å². The lowest BCUT2D eigenvalue weighted by molar-refractivity contribution is 0.483. The van der Waals surface area contributed by atoms with E-state index in [1.165, 1.54) is 12.1 Å². The van der Waals surface area contributed by atoms with Crippen molar-refractivity contribution in [2.24, 2.45) is 5.84 Å². The van der Waals surface area contributed by atoms with Crippen molar-refractivity contribution in [2.75, 3.05) is 5.73 Å². The molecule has 0 bridgehead atoms. The van der Waals surface area contributed by atoms with E-state index in [2.05, 4.69) is 21.4 Å². The highest BCUT2D eigenvalue weighted by molar-refractivity contribution is 9.10. The molecule has 19 heavy (non-hydrogen) atoms. The van der Waals surface area contributed by atoms with E-state index in [9.17, 15) is 8.78 Å². The Kier molecular flexibility index (Phi) is 4.14. The second-order valence-corrected chi connectivity index (χ2v) is 4.93. The molecule has 100 valence electrons. The third-order valence-electron chi connectivity index (χ3n) is 2.82. The van der Waals surface area contributed by atoms with Gasteiger partial charge in [0.15, 0.2) is 11.6 Å². The van der Waals surface area contributed by atoms with Crippen LogP contribution in [0.5, 0.6) is 0 Å². The molecule has 0 aliphatic carbocycles. The first-order valence-corrected chi connectivity index (χ1v) is 6.29. The number of hydrazine groups is 1. The average Bonchev–Trinajstić information content (AvgIpc) is 2.39. The molecule has 0 saturated heterocycles. The van der Waals surface area contributed by atoms with Crippen molar-refractivity contribution >= 4 is 21.6 Å². The van der Waals surface area contributed by atoms with Gasteiger partial charge in [-0.3, -0.25) is 5.84 Å². The summed E-state index contributed by atoms with van der Waals surface area (Å²) in [5.74, 6) is 3.60. The summed E-state index contributed by atoms with van der Waals surface area (Å²) in [5, 5.41) is 0. The van der Waals surface area contributed by atoms with Crippen molar-refractivity contribution in [1.29, 1.82) is 0 Å². The van der Waals surface area contributed by atoms with Crippen LogP contribution in [0.1, 0.15) is 17.2 Å². The van der Waals surface area contributed by atoms with E-state index in [1.807, 2.05) is 0 Å². The van der Waals surface area contributed by atoms with Crippen LogP contribution in [-0.2, 0) is 0 Å². The van der Waals surface area contributed by atoms with Crippen molar-refractivity contribution in [3.05, 3.63) is 63.6 Å². The molecular formula is C13H12BrF2N3. The molecule has 3 nitrogen and oxygen atoms in total. The van der Waals surface area contributed by atoms with E-state index in [-0.39, 0.29) is 5.56 Å². The van der Waals surface area contributed by atoms with Gasteiger partial charge in [-0.05, 0) is 29.8 Å². The number of nitrogen functional groups attached to an aromatic ring is 1. The van der Waals surface area contributed by atoms with Gasteiger partial charge in [0.05, 0.1) is 6.04 Å². The number of rotatable bonds is 3. The number of benzene rings is 2. The number of hydrogen-bond acceptors (Lipinski definition) is 3. The second-order valence-electron chi connectivity index (χ2n) is 4.02. The first kappa shape index (κ1) is 13.9. The predicted molar refractivity (Wildman–Crippen MR) is 74.1 cm³/mol. The lowest BCUT2D eigenvalue weighted by Crippen LogP contribution is -2.30. The fourth-order valence-corrected chi connectivity index (χ4v) is 2.26. The lowest BCUT2D eigenvalue weighted by atomic mass is 9.97. The van der Waals surface area contributed by atoms with E-state index in [0.29, 0.717) is 11.3 Å². The molecule has 1 unspecified atom stereocenters. The Morgan fingerprint density at radius 2 is 1.84 bits per heavy atom. The van der Waals surface area contributed by atoms with Gasteiger partial charge in [0.1, 0.15) is 0 Å². The number of hydrogen-bond donors (Lipinski definition) is 3. The Bertz CT molecular complexity index is 602. The largest absolute Gasteiger partial charge is 0.398 e. The molecule has 5 N–H and O–H groups in total. The maximum Gasteiger partial charge on any atom is 0.163 e. The van der Waals surface area contributed by atoms with Crippen molar-refractivity contribution in [1.82, 2.24) is 5.43 Å². The zero-order chi connectivity index (χ0) is 14.0. The molecule has 0 amide bonds. The van der Waals surface area contributed by atoms with Gasteiger partial charge in [0, 0.05) is 15.7 Å². The molecule has 0 saturated carbocycles. The molecule has 6 heteroatoms. The molecule has 0 heterocycles. The summed E-state index contributed by atoms with van der Waals surface area (Å²) in [6, 6.07) is 8.35. The van der Waals surface area contributed by atoms with Crippen LogP contribution in [-0.4, -0.2) is 0 Å². The minimum Gasteiger partial charge on any atom is -0.398 e. The van der Waals surface area contributed by atoms with Crippen LogP contribution in [0.3, 0.4) is 0 Å². The summed E-state index contributed by atoms with van der Waals surface area (Å²) in [7, 11) is 0. The van der Waals surface area contributed by atoms with Gasteiger partial charge in [-0.25, -0.2) is 14.2 Å². The predicted octanol–water partition coefficient (Wildman–Crippen LogP) is 2.86. The van der Waals surface area contributed by atoms with Crippen LogP contribution >= 0.6 is 15.9 Å². The maximum atomic E-state index is 13.8. The SMILES string of the molecule is NNC(c1cc(Br)ccc1N)c1cccc(F)c1F. The van der Waals surface area contributed by atoms with Gasteiger partial charge >= 0.3 is 0 Å². The number of nitrogens with one attached hydrogen (secondary N) is 1. The minimum atomic E-state index is -0.940. The van der Waals surface area contributed by atoms with Crippen molar-refractivity contribution in [3.63, 3.8) is 0 Å². The zero-order valence-electron chi connectivity index (χ0n) is 9.83. The summed E-state index contributed by atoms with van der Waals surface area (Å²) in [4.78, 5) is 0. The smallest absolute Gasteiger partial charge is 0.163 e. The van der Waals surface area contributed by atoms with Gasteiger partial charge in [0.25, 0.3) is 0 Å². The fourth-order valence-electron chi connectivity index (χ4n) is 1.89. The maximum absolute atomic E-state index is 13.8. The topological polar surface area (TPSA) is 64.1 Å². The summed E-state index contributed by atoms with van der Waals surface area (Å²) in [6.45, 7) is 0. The summed E-state index contributed by atoms with van der Waals surface area (Å²) in [6.07, 6.45) is 0. The molecule has 2 aromatic carbocycles. The Morgan fingerprint density at radius 3 is 2.53 bits per heavy atom. The van der Waals surface area contributed by atoms with Crippen molar-refractivity contribution in [3.8, 4) is 0 Å². The van der Waals surface area contributed by atoms with Gasteiger partial charge in [-0.2, -0.15) is 0 Å². The minimum absolute atomic E-state index is 0.104. The molecular weight excluding hydrogens is 316 g/mol. The number of nitrogens with two attached hydrogens (primary N) is 2. The van der Waals surface area contributed by atoms with Gasteiger partial charge in [0.2, 0.25) is 0 Å². The Labute approximate surface area is 117 Å². The van der Waals surface area contributed by atoms with Crippen LogP contribution in [0.4, 0.5) is 14.5 Å². The normalized spacial score (nSPS) is 12.4. The Balaban J connectivity index is 2.56. The zero-order valence-corrected chi connectivity index (χ0v) is 11.4. The third-order valence-corrected chi connectivity index (χ3v) is 3.31. The molecule has 0 radical (unpaired) electrons. The standard InChI is InChI=1S/C13H12BrF2N3/c14-7-4-5-11(17)9(6-7)13(19-18)8-2-1-3-10(15)12(8)16/h1-6,13,19H,17-18H2. The lowest BCUT2D eigenvalue weighted by Gasteiger charge is -2.19. The molecule has 0 fully saturated rings. The molecule has 2 rings (SSSR count). The highest BCUT2D eigenvalue weighted by Crippen LogP contribution is 2.30. The van der Waals surface area contributed by atoms with Gasteiger partial charge < -0.3 is 5.73 Å². The Hall–Kier alpha value is -1.50. The highest BCUT2D eigenvalue weighted by Gasteiger charge is 2.21. The summed E-state index contributed by atoms with van der Waals surface area (Å²) < 4.78 is 27.9. The highest BCUT2D eigenvalue weighted by atomic mass is 79.9. The molecule has 0 spiro atoms. The van der Waals surface area contributed by atoms with E-state index >= 15 is 0 Å². The summed E-state index contributed by atoms with van der Waals surface area (Å²) in [5.41, 5.74) is 9.44. The first-order chi connectivity index (χ1) is 9.04. The monoisotopic (exact) mass is 327 g/mol. The molecule has 2 aromatic rings. The van der Waals surface area contributed by atoms with E-state index < -0.39 is 17.7 Å².